The van der Waals surface area contributed by atoms with E-state index in [2.05, 4.69) is 48.0 Å². The molecule has 98 valence electrons. The maximum atomic E-state index is 5.34. The average Bonchev–Trinajstić information content (AvgIpc) is 2.36. The van der Waals surface area contributed by atoms with Gasteiger partial charge in [-0.05, 0) is 31.0 Å². The van der Waals surface area contributed by atoms with Crippen LogP contribution in [0.5, 0.6) is 0 Å². The second-order valence-electron chi connectivity index (χ2n) is 4.77. The predicted octanol–water partition coefficient (Wildman–Crippen LogP) is 2.29. The zero-order valence-corrected chi connectivity index (χ0v) is 11.6. The molecule has 0 amide bonds. The lowest BCUT2D eigenvalue weighted by atomic mass is 10.2. The first-order chi connectivity index (χ1) is 8.67. The van der Waals surface area contributed by atoms with Gasteiger partial charge in [-0.15, -0.1) is 6.42 Å². The lowest BCUT2D eigenvalue weighted by molar-refractivity contribution is 0.552. The highest BCUT2D eigenvalue weighted by molar-refractivity contribution is 5.40. The normalized spacial score (nSPS) is 10.4. The van der Waals surface area contributed by atoms with Crippen molar-refractivity contribution in [3.05, 3.63) is 23.9 Å². The van der Waals surface area contributed by atoms with E-state index >= 15 is 0 Å². The molecule has 0 saturated heterocycles. The lowest BCUT2D eigenvalue weighted by Crippen LogP contribution is -2.24. The topological polar surface area (TPSA) is 28.2 Å². The van der Waals surface area contributed by atoms with Crippen molar-refractivity contribution in [1.29, 1.82) is 0 Å². The molecule has 1 aromatic rings. The van der Waals surface area contributed by atoms with Crippen LogP contribution in [0.2, 0.25) is 0 Å². The van der Waals surface area contributed by atoms with E-state index < -0.39 is 0 Å². The Balaban J connectivity index is 2.54. The summed E-state index contributed by atoms with van der Waals surface area (Å²) in [6.45, 7) is 9.86. The van der Waals surface area contributed by atoms with Crippen molar-refractivity contribution in [3.63, 3.8) is 0 Å². The molecule has 0 aliphatic rings. The second-order valence-corrected chi connectivity index (χ2v) is 4.77. The monoisotopic (exact) mass is 245 g/mol. The zero-order valence-electron chi connectivity index (χ0n) is 11.6. The molecule has 0 radical (unpaired) electrons. The molecule has 18 heavy (non-hydrogen) atoms. The van der Waals surface area contributed by atoms with E-state index in [0.29, 0.717) is 12.5 Å². The molecule has 0 spiro atoms. The van der Waals surface area contributed by atoms with Gasteiger partial charge in [-0.3, -0.25) is 0 Å². The van der Waals surface area contributed by atoms with Gasteiger partial charge in [0, 0.05) is 19.3 Å². The number of hydrogen-bond acceptors (Lipinski definition) is 3. The van der Waals surface area contributed by atoms with Gasteiger partial charge in [0.1, 0.15) is 5.82 Å². The summed E-state index contributed by atoms with van der Waals surface area (Å²) in [5.41, 5.74) is 1.20. The minimum Gasteiger partial charge on any atom is -0.346 e. The summed E-state index contributed by atoms with van der Waals surface area (Å²) in [5, 5.41) is 3.40. The van der Waals surface area contributed by atoms with Crippen molar-refractivity contribution in [2.45, 2.75) is 27.3 Å². The molecule has 3 heteroatoms. The summed E-state index contributed by atoms with van der Waals surface area (Å²) in [7, 11) is 0. The highest BCUT2D eigenvalue weighted by Gasteiger charge is 2.03. The third kappa shape index (κ3) is 4.77. The second kappa shape index (κ2) is 7.73. The first-order valence-corrected chi connectivity index (χ1v) is 6.51. The van der Waals surface area contributed by atoms with Crippen LogP contribution in [0.25, 0.3) is 0 Å². The summed E-state index contributed by atoms with van der Waals surface area (Å²) >= 11 is 0. The van der Waals surface area contributed by atoms with Gasteiger partial charge >= 0.3 is 0 Å². The molecule has 1 rings (SSSR count). The average molecular weight is 245 g/mol. The molecule has 1 heterocycles. The van der Waals surface area contributed by atoms with Gasteiger partial charge in [-0.25, -0.2) is 4.98 Å². The van der Waals surface area contributed by atoms with Crippen LogP contribution in [0.3, 0.4) is 0 Å². The zero-order chi connectivity index (χ0) is 13.4. The SMILES string of the molecule is C#CCN(CC)c1ccc(CNCC(C)C)cn1. The molecule has 0 aliphatic heterocycles. The van der Waals surface area contributed by atoms with Crippen molar-refractivity contribution in [2.75, 3.05) is 24.5 Å². The summed E-state index contributed by atoms with van der Waals surface area (Å²) in [4.78, 5) is 6.53. The Kier molecular flexibility index (Phi) is 6.24. The van der Waals surface area contributed by atoms with Gasteiger partial charge < -0.3 is 10.2 Å². The fraction of sp³-hybridized carbons (Fsp3) is 0.533. The van der Waals surface area contributed by atoms with Crippen molar-refractivity contribution in [3.8, 4) is 12.3 Å². The summed E-state index contributed by atoms with van der Waals surface area (Å²) in [5.74, 6) is 4.27. The van der Waals surface area contributed by atoms with Crippen LogP contribution >= 0.6 is 0 Å². The summed E-state index contributed by atoms with van der Waals surface area (Å²) < 4.78 is 0. The summed E-state index contributed by atoms with van der Waals surface area (Å²) in [6, 6.07) is 4.14. The molecule has 0 fully saturated rings. The maximum absolute atomic E-state index is 5.34. The van der Waals surface area contributed by atoms with Crippen molar-refractivity contribution < 1.29 is 0 Å². The predicted molar refractivity (Wildman–Crippen MR) is 77.5 cm³/mol. The minimum atomic E-state index is 0.606. The molecule has 0 atom stereocenters. The van der Waals surface area contributed by atoms with Crippen LogP contribution in [-0.4, -0.2) is 24.6 Å². The van der Waals surface area contributed by atoms with E-state index in [1.54, 1.807) is 0 Å². The molecular weight excluding hydrogens is 222 g/mol. The largest absolute Gasteiger partial charge is 0.346 e. The van der Waals surface area contributed by atoms with Gasteiger partial charge in [-0.2, -0.15) is 0 Å². The number of nitrogens with zero attached hydrogens (tertiary/aromatic N) is 2. The highest BCUT2D eigenvalue weighted by Crippen LogP contribution is 2.10. The van der Waals surface area contributed by atoms with E-state index in [9.17, 15) is 0 Å². The molecule has 0 bridgehead atoms. The standard InChI is InChI=1S/C15H23N3/c1-5-9-18(6-2)15-8-7-14(12-17-15)11-16-10-13(3)4/h1,7-8,12-13,16H,6,9-11H2,2-4H3. The van der Waals surface area contributed by atoms with Crippen LogP contribution < -0.4 is 10.2 Å². The molecular formula is C15H23N3. The Labute approximate surface area is 111 Å². The number of aromatic nitrogens is 1. The Bertz CT molecular complexity index is 376. The van der Waals surface area contributed by atoms with Crippen molar-refractivity contribution in [1.82, 2.24) is 10.3 Å². The van der Waals surface area contributed by atoms with Crippen LogP contribution in [0, 0.1) is 18.3 Å². The van der Waals surface area contributed by atoms with E-state index in [1.807, 2.05) is 12.3 Å². The minimum absolute atomic E-state index is 0.606. The van der Waals surface area contributed by atoms with Crippen LogP contribution in [0.4, 0.5) is 5.82 Å². The number of anilines is 1. The Morgan fingerprint density at radius 2 is 2.22 bits per heavy atom. The Morgan fingerprint density at radius 1 is 1.44 bits per heavy atom. The number of rotatable bonds is 7. The van der Waals surface area contributed by atoms with Crippen LogP contribution in [0.15, 0.2) is 18.3 Å². The summed E-state index contributed by atoms with van der Waals surface area (Å²) in [6.07, 6.45) is 7.26. The number of pyridine rings is 1. The van der Waals surface area contributed by atoms with Crippen LogP contribution in [0.1, 0.15) is 26.3 Å². The number of nitrogens with one attached hydrogen (secondary N) is 1. The molecule has 0 aliphatic carbocycles. The van der Waals surface area contributed by atoms with Gasteiger partial charge in [0.25, 0.3) is 0 Å². The highest BCUT2D eigenvalue weighted by atomic mass is 15.2. The van der Waals surface area contributed by atoms with E-state index in [1.165, 1.54) is 5.56 Å². The fourth-order valence-electron chi connectivity index (χ4n) is 1.68. The van der Waals surface area contributed by atoms with E-state index in [-0.39, 0.29) is 0 Å². The molecule has 3 nitrogen and oxygen atoms in total. The van der Waals surface area contributed by atoms with Crippen molar-refractivity contribution >= 4 is 5.82 Å². The maximum Gasteiger partial charge on any atom is 0.129 e. The smallest absolute Gasteiger partial charge is 0.129 e. The van der Waals surface area contributed by atoms with Gasteiger partial charge in [0.05, 0.1) is 6.54 Å². The molecule has 0 unspecified atom stereocenters. The first kappa shape index (κ1) is 14.5. The molecule has 0 saturated carbocycles. The van der Waals surface area contributed by atoms with Gasteiger partial charge in [0.2, 0.25) is 0 Å². The quantitative estimate of drug-likeness (QED) is 0.747. The number of hydrogen-bond donors (Lipinski definition) is 1. The Morgan fingerprint density at radius 3 is 2.72 bits per heavy atom. The van der Waals surface area contributed by atoms with Gasteiger partial charge in [-0.1, -0.05) is 25.8 Å². The van der Waals surface area contributed by atoms with Crippen molar-refractivity contribution in [2.24, 2.45) is 5.92 Å². The third-order valence-corrected chi connectivity index (χ3v) is 2.68. The Hall–Kier alpha value is -1.53. The third-order valence-electron chi connectivity index (χ3n) is 2.68. The van der Waals surface area contributed by atoms with Gasteiger partial charge in [0.15, 0.2) is 0 Å². The first-order valence-electron chi connectivity index (χ1n) is 6.51. The molecule has 1 N–H and O–H groups in total. The van der Waals surface area contributed by atoms with E-state index in [4.69, 9.17) is 6.42 Å². The van der Waals surface area contributed by atoms with Crippen LogP contribution in [-0.2, 0) is 6.54 Å². The molecule has 0 aromatic carbocycles. The lowest BCUT2D eigenvalue weighted by Gasteiger charge is -2.19. The molecule has 1 aromatic heterocycles. The number of terminal acetylenes is 1. The van der Waals surface area contributed by atoms with E-state index in [0.717, 1.165) is 25.5 Å². The fourth-order valence-corrected chi connectivity index (χ4v) is 1.68.